The van der Waals surface area contributed by atoms with Gasteiger partial charge in [0.1, 0.15) is 20.0 Å². The number of hydrogen-bond acceptors (Lipinski definition) is 4. The number of Topliss-reactive ketones (excluding diaryl/α,β-unsaturated/α-hetero) is 1. The van der Waals surface area contributed by atoms with Crippen LogP contribution in [0.4, 0.5) is 0 Å². The molecule has 2 rings (SSSR count). The molecular formula is C14H15IO4S. The molecule has 1 aromatic rings. The number of ether oxygens (including phenoxy) is 1. The van der Waals surface area contributed by atoms with Gasteiger partial charge in [0.25, 0.3) is 0 Å². The van der Waals surface area contributed by atoms with Crippen LogP contribution in [0.5, 0.6) is 0 Å². The van der Waals surface area contributed by atoms with Crippen molar-refractivity contribution in [2.45, 2.75) is 31.6 Å². The highest BCUT2D eigenvalue weighted by Gasteiger charge is 2.43. The van der Waals surface area contributed by atoms with Gasteiger partial charge in [-0.05, 0) is 41.5 Å². The number of hydrogen-bond donors (Lipinski definition) is 1. The molecule has 1 heterocycles. The van der Waals surface area contributed by atoms with Crippen LogP contribution in [0, 0.1) is 0 Å². The predicted molar refractivity (Wildman–Crippen MR) is 86.2 cm³/mol. The van der Waals surface area contributed by atoms with Crippen LogP contribution in [-0.2, 0) is 26.0 Å². The Labute approximate surface area is 133 Å². The summed E-state index contributed by atoms with van der Waals surface area (Å²) < 4.78 is 27.8. The highest BCUT2D eigenvalue weighted by atomic mass is 127. The molecule has 20 heavy (non-hydrogen) atoms. The molecule has 0 fully saturated rings. The molecule has 6 heteroatoms. The second-order valence-corrected chi connectivity index (χ2v) is 6.91. The van der Waals surface area contributed by atoms with Gasteiger partial charge in [-0.3, -0.25) is 4.79 Å². The van der Waals surface area contributed by atoms with Gasteiger partial charge in [0.15, 0.2) is 5.60 Å². The third kappa shape index (κ3) is 2.90. The van der Waals surface area contributed by atoms with Crippen molar-refractivity contribution in [3.63, 3.8) is 0 Å². The topological polar surface area (TPSA) is 60.4 Å². The Hall–Kier alpha value is -0.890. The Bertz CT molecular complexity index is 638. The van der Waals surface area contributed by atoms with Crippen LogP contribution in [0.25, 0.3) is 5.76 Å². The third-order valence-corrected chi connectivity index (χ3v) is 5.01. The van der Waals surface area contributed by atoms with Crippen molar-refractivity contribution >= 4 is 44.8 Å². The van der Waals surface area contributed by atoms with Gasteiger partial charge in [-0.15, -0.1) is 0 Å². The first-order valence-corrected chi connectivity index (χ1v) is 8.66. The molecule has 0 spiro atoms. The smallest absolute Gasteiger partial charge is 0.215 e. The lowest BCUT2D eigenvalue weighted by Crippen LogP contribution is -2.32. The molecule has 0 bridgehead atoms. The summed E-state index contributed by atoms with van der Waals surface area (Å²) in [6, 6.07) is 7.06. The number of carbonyl (C=O) groups excluding carboxylic acids is 1. The first-order chi connectivity index (χ1) is 9.37. The molecule has 1 aliphatic heterocycles. The number of thiol groups is 1. The quantitative estimate of drug-likeness (QED) is 0.617. The van der Waals surface area contributed by atoms with Crippen LogP contribution in [0.3, 0.4) is 0 Å². The zero-order valence-electron chi connectivity index (χ0n) is 11.2. The summed E-state index contributed by atoms with van der Waals surface area (Å²) in [5.74, 6) is 0.610. The second kappa shape index (κ2) is 5.85. The van der Waals surface area contributed by atoms with E-state index in [1.165, 1.54) is 0 Å². The van der Waals surface area contributed by atoms with Gasteiger partial charge in [0, 0.05) is 5.56 Å². The summed E-state index contributed by atoms with van der Waals surface area (Å²) in [4.78, 5) is 12.2. The van der Waals surface area contributed by atoms with Gasteiger partial charge in [0.2, 0.25) is 5.78 Å². The Balaban J connectivity index is 2.31. The molecule has 1 aromatic carbocycles. The minimum absolute atomic E-state index is 0.00214. The first-order valence-electron chi connectivity index (χ1n) is 6.22. The molecule has 1 aliphatic rings. The Morgan fingerprint density at radius 3 is 2.30 bits per heavy atom. The fraction of sp³-hybridized carbons (Fsp3) is 0.357. The maximum Gasteiger partial charge on any atom is 0.215 e. The average Bonchev–Trinajstić information content (AvgIpc) is 2.64. The standard InChI is InChI=1S/C14H15IO4S/c1-3-14(2)13(16)11(15)12(19-14)10-6-4-9(5-7-10)8-20(17)18/h4-7,20H,3,8H2,1-2H3. The van der Waals surface area contributed by atoms with E-state index in [4.69, 9.17) is 4.74 Å². The molecule has 0 amide bonds. The average molecular weight is 406 g/mol. The summed E-state index contributed by atoms with van der Waals surface area (Å²) in [5, 5.41) is 0. The van der Waals surface area contributed by atoms with E-state index in [2.05, 4.69) is 0 Å². The number of rotatable bonds is 4. The lowest BCUT2D eigenvalue weighted by atomic mass is 9.99. The van der Waals surface area contributed by atoms with Gasteiger partial charge in [-0.25, -0.2) is 8.42 Å². The highest BCUT2D eigenvalue weighted by molar-refractivity contribution is 14.1. The van der Waals surface area contributed by atoms with Gasteiger partial charge in [-0.1, -0.05) is 31.2 Å². The number of ketones is 1. The molecule has 0 N–H and O–H groups in total. The van der Waals surface area contributed by atoms with E-state index in [-0.39, 0.29) is 11.5 Å². The molecular weight excluding hydrogens is 391 g/mol. The Morgan fingerprint density at radius 2 is 1.85 bits per heavy atom. The number of halogens is 1. The van der Waals surface area contributed by atoms with Crippen LogP contribution in [0.15, 0.2) is 27.8 Å². The zero-order chi connectivity index (χ0) is 14.9. The maximum atomic E-state index is 12.2. The van der Waals surface area contributed by atoms with Crippen LogP contribution >= 0.6 is 22.6 Å². The summed E-state index contributed by atoms with van der Waals surface area (Å²) in [6.07, 6.45) is 0.608. The SMILES string of the molecule is CCC1(C)OC(c2ccc(C[SH](=O)=O)cc2)=C(I)C1=O. The first kappa shape index (κ1) is 15.5. The van der Waals surface area contributed by atoms with E-state index in [9.17, 15) is 13.2 Å². The van der Waals surface area contributed by atoms with Crippen LogP contribution in [0.2, 0.25) is 0 Å². The fourth-order valence-electron chi connectivity index (χ4n) is 1.98. The van der Waals surface area contributed by atoms with Crippen molar-refractivity contribution in [1.29, 1.82) is 0 Å². The highest BCUT2D eigenvalue weighted by Crippen LogP contribution is 2.41. The van der Waals surface area contributed by atoms with Crippen LogP contribution in [-0.4, -0.2) is 19.8 Å². The van der Waals surface area contributed by atoms with Gasteiger partial charge in [-0.2, -0.15) is 0 Å². The molecule has 0 radical (unpaired) electrons. The second-order valence-electron chi connectivity index (χ2n) is 4.85. The Morgan fingerprint density at radius 1 is 1.25 bits per heavy atom. The summed E-state index contributed by atoms with van der Waals surface area (Å²) >= 11 is 2.01. The molecule has 4 nitrogen and oxygen atoms in total. The molecule has 1 atom stereocenters. The number of benzene rings is 1. The van der Waals surface area contributed by atoms with Crippen molar-refractivity contribution < 1.29 is 17.9 Å². The van der Waals surface area contributed by atoms with Crippen molar-refractivity contribution in [3.05, 3.63) is 39.0 Å². The molecule has 0 saturated heterocycles. The van der Waals surface area contributed by atoms with Crippen LogP contribution in [0.1, 0.15) is 31.4 Å². The summed E-state index contributed by atoms with van der Waals surface area (Å²) in [5.41, 5.74) is 0.732. The number of carbonyl (C=O) groups is 1. The Kier molecular flexibility index (Phi) is 4.53. The summed E-state index contributed by atoms with van der Waals surface area (Å²) in [7, 11) is -2.43. The van der Waals surface area contributed by atoms with Gasteiger partial charge in [0.05, 0.1) is 5.75 Å². The maximum absolute atomic E-state index is 12.2. The molecule has 0 saturated carbocycles. The monoisotopic (exact) mass is 406 g/mol. The van der Waals surface area contributed by atoms with E-state index in [1.807, 2.05) is 29.5 Å². The van der Waals surface area contributed by atoms with Gasteiger partial charge < -0.3 is 4.74 Å². The van der Waals surface area contributed by atoms with E-state index >= 15 is 0 Å². The van der Waals surface area contributed by atoms with Crippen molar-refractivity contribution in [2.24, 2.45) is 0 Å². The third-order valence-electron chi connectivity index (χ3n) is 3.41. The van der Waals surface area contributed by atoms with E-state index in [0.29, 0.717) is 15.8 Å². The van der Waals surface area contributed by atoms with Crippen molar-refractivity contribution in [1.82, 2.24) is 0 Å². The molecule has 0 aliphatic carbocycles. The van der Waals surface area contributed by atoms with E-state index in [0.717, 1.165) is 11.1 Å². The fourth-order valence-corrected chi connectivity index (χ4v) is 3.48. The molecule has 108 valence electrons. The molecule has 0 aromatic heterocycles. The minimum Gasteiger partial charge on any atom is -0.478 e. The lowest BCUT2D eigenvalue weighted by molar-refractivity contribution is -0.127. The minimum atomic E-state index is -2.43. The lowest BCUT2D eigenvalue weighted by Gasteiger charge is -2.21. The van der Waals surface area contributed by atoms with Crippen molar-refractivity contribution in [3.8, 4) is 0 Å². The molecule has 1 unspecified atom stereocenters. The van der Waals surface area contributed by atoms with Gasteiger partial charge >= 0.3 is 0 Å². The largest absolute Gasteiger partial charge is 0.478 e. The zero-order valence-corrected chi connectivity index (χ0v) is 14.2. The predicted octanol–water partition coefficient (Wildman–Crippen LogP) is 2.67. The van der Waals surface area contributed by atoms with Crippen molar-refractivity contribution in [2.75, 3.05) is 0 Å². The summed E-state index contributed by atoms with van der Waals surface area (Å²) in [6.45, 7) is 3.70. The van der Waals surface area contributed by atoms with E-state index in [1.54, 1.807) is 31.2 Å². The normalized spacial score (nSPS) is 22.5. The van der Waals surface area contributed by atoms with E-state index < -0.39 is 16.3 Å². The van der Waals surface area contributed by atoms with Crippen LogP contribution < -0.4 is 0 Å².